The summed E-state index contributed by atoms with van der Waals surface area (Å²) < 4.78 is 5.89. The second-order valence-electron chi connectivity index (χ2n) is 4.46. The van der Waals surface area contributed by atoms with E-state index in [4.69, 9.17) is 10.5 Å². The van der Waals surface area contributed by atoms with Crippen LogP contribution < -0.4 is 5.73 Å². The predicted octanol–water partition coefficient (Wildman–Crippen LogP) is 1.68. The summed E-state index contributed by atoms with van der Waals surface area (Å²) in [6.07, 6.45) is 3.55. The van der Waals surface area contributed by atoms with Crippen LogP contribution >= 0.6 is 0 Å². The van der Waals surface area contributed by atoms with Gasteiger partial charge in [-0.3, -0.25) is 0 Å². The Bertz CT molecular complexity index is 127. The number of ether oxygens (including phenoxy) is 1. The van der Waals surface area contributed by atoms with Crippen LogP contribution in [0.3, 0.4) is 0 Å². The lowest BCUT2D eigenvalue weighted by Crippen LogP contribution is -2.50. The van der Waals surface area contributed by atoms with E-state index in [-0.39, 0.29) is 11.2 Å². The first-order valence-electron chi connectivity index (χ1n) is 4.38. The van der Waals surface area contributed by atoms with Crippen LogP contribution in [0.4, 0.5) is 0 Å². The normalized spacial score (nSPS) is 22.9. The second-order valence-corrected chi connectivity index (χ2v) is 4.46. The number of nitrogens with two attached hydrogens (primary N) is 1. The van der Waals surface area contributed by atoms with Gasteiger partial charge in [-0.1, -0.05) is 0 Å². The fraction of sp³-hybridized carbons (Fsp3) is 1.00. The molecule has 1 aliphatic rings. The SMILES string of the molecule is CC(C)(C)OC1(CN)CCC1. The zero-order valence-electron chi connectivity index (χ0n) is 7.81. The largest absolute Gasteiger partial charge is 0.368 e. The summed E-state index contributed by atoms with van der Waals surface area (Å²) in [5.41, 5.74) is 5.64. The topological polar surface area (TPSA) is 35.2 Å². The highest BCUT2D eigenvalue weighted by Gasteiger charge is 2.39. The maximum Gasteiger partial charge on any atom is 0.0811 e. The molecule has 66 valence electrons. The van der Waals surface area contributed by atoms with Gasteiger partial charge in [0.1, 0.15) is 0 Å². The van der Waals surface area contributed by atoms with Crippen molar-refractivity contribution in [1.82, 2.24) is 0 Å². The Balaban J connectivity index is 2.45. The second kappa shape index (κ2) is 2.76. The van der Waals surface area contributed by atoms with Crippen LogP contribution in [0.15, 0.2) is 0 Å². The Hall–Kier alpha value is -0.0800. The highest BCUT2D eigenvalue weighted by Crippen LogP contribution is 2.37. The van der Waals surface area contributed by atoms with Gasteiger partial charge >= 0.3 is 0 Å². The van der Waals surface area contributed by atoms with Crippen molar-refractivity contribution in [3.8, 4) is 0 Å². The Morgan fingerprint density at radius 1 is 1.36 bits per heavy atom. The molecule has 0 bridgehead atoms. The third-order valence-corrected chi connectivity index (χ3v) is 2.16. The molecule has 0 unspecified atom stereocenters. The molecule has 0 amide bonds. The molecule has 2 heteroatoms. The quantitative estimate of drug-likeness (QED) is 0.662. The van der Waals surface area contributed by atoms with E-state index in [2.05, 4.69) is 20.8 Å². The van der Waals surface area contributed by atoms with Gasteiger partial charge in [0.05, 0.1) is 11.2 Å². The van der Waals surface area contributed by atoms with E-state index in [0.717, 1.165) is 12.8 Å². The van der Waals surface area contributed by atoms with Crippen molar-refractivity contribution < 1.29 is 4.74 Å². The minimum absolute atomic E-state index is 0.0260. The van der Waals surface area contributed by atoms with Gasteiger partial charge in [0.2, 0.25) is 0 Å². The molecule has 0 spiro atoms. The van der Waals surface area contributed by atoms with Gasteiger partial charge in [0.25, 0.3) is 0 Å². The Morgan fingerprint density at radius 2 is 1.91 bits per heavy atom. The molecule has 1 saturated carbocycles. The summed E-state index contributed by atoms with van der Waals surface area (Å²) in [6, 6.07) is 0. The van der Waals surface area contributed by atoms with Crippen LogP contribution in [0, 0.1) is 0 Å². The molecule has 0 radical (unpaired) electrons. The predicted molar refractivity (Wildman–Crippen MR) is 46.5 cm³/mol. The molecule has 1 aliphatic carbocycles. The van der Waals surface area contributed by atoms with E-state index >= 15 is 0 Å². The zero-order valence-corrected chi connectivity index (χ0v) is 7.81. The molecule has 2 nitrogen and oxygen atoms in total. The van der Waals surface area contributed by atoms with E-state index in [9.17, 15) is 0 Å². The molecule has 0 aromatic rings. The zero-order chi connectivity index (χ0) is 8.54. The average molecular weight is 157 g/mol. The molecule has 0 aromatic heterocycles. The van der Waals surface area contributed by atoms with Crippen molar-refractivity contribution in [3.63, 3.8) is 0 Å². The summed E-state index contributed by atoms with van der Waals surface area (Å²) in [4.78, 5) is 0. The van der Waals surface area contributed by atoms with Crippen LogP contribution in [0.5, 0.6) is 0 Å². The first-order valence-corrected chi connectivity index (χ1v) is 4.38. The van der Waals surface area contributed by atoms with E-state index in [0.29, 0.717) is 6.54 Å². The highest BCUT2D eigenvalue weighted by atomic mass is 16.5. The van der Waals surface area contributed by atoms with Crippen molar-refractivity contribution >= 4 is 0 Å². The van der Waals surface area contributed by atoms with Crippen molar-refractivity contribution in [2.24, 2.45) is 5.73 Å². The summed E-state index contributed by atoms with van der Waals surface area (Å²) in [5, 5.41) is 0. The van der Waals surface area contributed by atoms with Crippen molar-refractivity contribution in [3.05, 3.63) is 0 Å². The van der Waals surface area contributed by atoms with E-state index in [1.54, 1.807) is 0 Å². The van der Waals surface area contributed by atoms with Gasteiger partial charge in [0, 0.05) is 6.54 Å². The van der Waals surface area contributed by atoms with Gasteiger partial charge in [0.15, 0.2) is 0 Å². The third-order valence-electron chi connectivity index (χ3n) is 2.16. The van der Waals surface area contributed by atoms with Crippen LogP contribution in [-0.2, 0) is 4.74 Å². The third kappa shape index (κ3) is 2.17. The molecule has 0 saturated heterocycles. The van der Waals surface area contributed by atoms with Gasteiger partial charge in [-0.2, -0.15) is 0 Å². The molecule has 1 rings (SSSR count). The van der Waals surface area contributed by atoms with Crippen LogP contribution in [0.2, 0.25) is 0 Å². The van der Waals surface area contributed by atoms with Gasteiger partial charge in [-0.15, -0.1) is 0 Å². The number of rotatable bonds is 2. The van der Waals surface area contributed by atoms with E-state index < -0.39 is 0 Å². The molecule has 0 heterocycles. The molecule has 1 fully saturated rings. The smallest absolute Gasteiger partial charge is 0.0811 e. The standard InChI is InChI=1S/C9H19NO/c1-8(2,3)11-9(7-10)5-4-6-9/h4-7,10H2,1-3H3. The first-order chi connectivity index (χ1) is 4.97. The summed E-state index contributed by atoms with van der Waals surface area (Å²) in [7, 11) is 0. The molecule has 11 heavy (non-hydrogen) atoms. The lowest BCUT2D eigenvalue weighted by Gasteiger charge is -2.45. The molecular weight excluding hydrogens is 138 g/mol. The molecule has 0 atom stereocenters. The van der Waals surface area contributed by atoms with Gasteiger partial charge in [-0.25, -0.2) is 0 Å². The highest BCUT2D eigenvalue weighted by molar-refractivity contribution is 4.92. The van der Waals surface area contributed by atoms with E-state index in [1.807, 2.05) is 0 Å². The van der Waals surface area contributed by atoms with Crippen molar-refractivity contribution in [2.75, 3.05) is 6.54 Å². The van der Waals surface area contributed by atoms with Crippen LogP contribution in [-0.4, -0.2) is 17.7 Å². The van der Waals surface area contributed by atoms with Gasteiger partial charge < -0.3 is 10.5 Å². The lowest BCUT2D eigenvalue weighted by atomic mass is 9.79. The maximum atomic E-state index is 5.89. The monoisotopic (exact) mass is 157 g/mol. The summed E-state index contributed by atoms with van der Waals surface area (Å²) in [5.74, 6) is 0. The Kier molecular flexibility index (Phi) is 2.26. The minimum atomic E-state index is -0.0419. The van der Waals surface area contributed by atoms with Crippen molar-refractivity contribution in [2.45, 2.75) is 51.2 Å². The van der Waals surface area contributed by atoms with E-state index in [1.165, 1.54) is 6.42 Å². The first kappa shape index (κ1) is 9.01. The number of hydrogen-bond acceptors (Lipinski definition) is 2. The molecule has 0 aliphatic heterocycles. The van der Waals surface area contributed by atoms with Crippen molar-refractivity contribution in [1.29, 1.82) is 0 Å². The van der Waals surface area contributed by atoms with Crippen LogP contribution in [0.1, 0.15) is 40.0 Å². The summed E-state index contributed by atoms with van der Waals surface area (Å²) >= 11 is 0. The fourth-order valence-electron chi connectivity index (χ4n) is 1.57. The summed E-state index contributed by atoms with van der Waals surface area (Å²) in [6.45, 7) is 6.93. The fourth-order valence-corrected chi connectivity index (χ4v) is 1.57. The average Bonchev–Trinajstić information content (AvgIpc) is 1.77. The van der Waals surface area contributed by atoms with Crippen LogP contribution in [0.25, 0.3) is 0 Å². The molecule has 0 aromatic carbocycles. The number of hydrogen-bond donors (Lipinski definition) is 1. The van der Waals surface area contributed by atoms with Gasteiger partial charge in [-0.05, 0) is 40.0 Å². The Labute approximate surface area is 69.1 Å². The minimum Gasteiger partial charge on any atom is -0.368 e. The maximum absolute atomic E-state index is 5.89. The molecular formula is C9H19NO. The molecule has 2 N–H and O–H groups in total. The lowest BCUT2D eigenvalue weighted by molar-refractivity contribution is -0.164. The Morgan fingerprint density at radius 3 is 2.00 bits per heavy atom.